The van der Waals surface area contributed by atoms with Crippen molar-refractivity contribution in [1.29, 1.82) is 0 Å². The lowest BCUT2D eigenvalue weighted by Crippen LogP contribution is -2.34. The maximum Gasteiger partial charge on any atom is 0.124 e. The van der Waals surface area contributed by atoms with Crippen molar-refractivity contribution in [2.45, 2.75) is 32.7 Å². The Kier molecular flexibility index (Phi) is 4.57. The average molecular weight is 300 g/mol. The first-order chi connectivity index (χ1) is 8.17. The molecule has 0 spiro atoms. The van der Waals surface area contributed by atoms with E-state index in [9.17, 15) is 4.39 Å². The second kappa shape index (κ2) is 5.96. The number of halogens is 2. The molecule has 1 aliphatic rings. The zero-order valence-corrected chi connectivity index (χ0v) is 11.8. The van der Waals surface area contributed by atoms with E-state index in [0.717, 1.165) is 35.6 Å². The Morgan fingerprint density at radius 3 is 2.94 bits per heavy atom. The Balaban J connectivity index is 2.00. The lowest BCUT2D eigenvalue weighted by atomic mass is 9.95. The highest BCUT2D eigenvalue weighted by molar-refractivity contribution is 9.10. The molecule has 0 saturated carbocycles. The summed E-state index contributed by atoms with van der Waals surface area (Å²) in [6.07, 6.45) is 3.87. The van der Waals surface area contributed by atoms with E-state index in [2.05, 4.69) is 27.8 Å². The molecule has 1 atom stereocenters. The normalized spacial score (nSPS) is 21.7. The van der Waals surface area contributed by atoms with Gasteiger partial charge in [-0.05, 0) is 49.1 Å². The van der Waals surface area contributed by atoms with Crippen LogP contribution in [0, 0.1) is 11.7 Å². The van der Waals surface area contributed by atoms with Crippen LogP contribution >= 0.6 is 15.9 Å². The summed E-state index contributed by atoms with van der Waals surface area (Å²) in [7, 11) is 0. The van der Waals surface area contributed by atoms with Gasteiger partial charge in [-0.3, -0.25) is 4.90 Å². The standard InChI is InChI=1S/C14H19BrFN/c1-2-11-4-3-5-17(9-11)10-12-6-13(15)8-14(16)7-12/h6-8,11H,2-5,9-10H2,1H3. The fourth-order valence-corrected chi connectivity index (χ4v) is 3.10. The average Bonchev–Trinajstić information content (AvgIpc) is 2.28. The van der Waals surface area contributed by atoms with Crippen molar-refractivity contribution in [3.8, 4) is 0 Å². The van der Waals surface area contributed by atoms with Crippen LogP contribution in [-0.4, -0.2) is 18.0 Å². The van der Waals surface area contributed by atoms with Crippen LogP contribution in [0.5, 0.6) is 0 Å². The summed E-state index contributed by atoms with van der Waals surface area (Å²) in [6, 6.07) is 5.16. The summed E-state index contributed by atoms with van der Waals surface area (Å²) in [5, 5.41) is 0. The van der Waals surface area contributed by atoms with Crippen molar-refractivity contribution in [2.24, 2.45) is 5.92 Å². The van der Waals surface area contributed by atoms with Crippen molar-refractivity contribution >= 4 is 15.9 Å². The zero-order valence-electron chi connectivity index (χ0n) is 10.3. The fourth-order valence-electron chi connectivity index (χ4n) is 2.59. The first-order valence-electron chi connectivity index (χ1n) is 6.34. The van der Waals surface area contributed by atoms with E-state index in [-0.39, 0.29) is 5.82 Å². The van der Waals surface area contributed by atoms with E-state index in [0.29, 0.717) is 0 Å². The van der Waals surface area contributed by atoms with Gasteiger partial charge in [0.25, 0.3) is 0 Å². The smallest absolute Gasteiger partial charge is 0.124 e. The highest BCUT2D eigenvalue weighted by Crippen LogP contribution is 2.22. The first kappa shape index (κ1) is 13.0. The van der Waals surface area contributed by atoms with E-state index >= 15 is 0 Å². The van der Waals surface area contributed by atoms with E-state index in [1.54, 1.807) is 6.07 Å². The summed E-state index contributed by atoms with van der Waals surface area (Å²) >= 11 is 3.34. The molecule has 1 nitrogen and oxygen atoms in total. The van der Waals surface area contributed by atoms with Gasteiger partial charge in [-0.1, -0.05) is 29.3 Å². The topological polar surface area (TPSA) is 3.24 Å². The monoisotopic (exact) mass is 299 g/mol. The van der Waals surface area contributed by atoms with Gasteiger partial charge in [0.05, 0.1) is 0 Å². The van der Waals surface area contributed by atoms with Gasteiger partial charge in [-0.2, -0.15) is 0 Å². The van der Waals surface area contributed by atoms with Crippen LogP contribution in [0.3, 0.4) is 0 Å². The third-order valence-corrected chi connectivity index (χ3v) is 3.97. The second-order valence-electron chi connectivity index (χ2n) is 4.93. The molecule has 1 heterocycles. The third-order valence-electron chi connectivity index (χ3n) is 3.51. The lowest BCUT2D eigenvalue weighted by Gasteiger charge is -2.32. The van der Waals surface area contributed by atoms with Gasteiger partial charge in [0, 0.05) is 17.6 Å². The Morgan fingerprint density at radius 2 is 2.24 bits per heavy atom. The van der Waals surface area contributed by atoms with Crippen molar-refractivity contribution in [3.05, 3.63) is 34.1 Å². The number of benzene rings is 1. The Bertz CT molecular complexity index is 360. The summed E-state index contributed by atoms with van der Waals surface area (Å²) in [6.45, 7) is 5.43. The van der Waals surface area contributed by atoms with Crippen LogP contribution in [0.1, 0.15) is 31.7 Å². The van der Waals surface area contributed by atoms with Crippen molar-refractivity contribution < 1.29 is 4.39 Å². The van der Waals surface area contributed by atoms with Gasteiger partial charge >= 0.3 is 0 Å². The van der Waals surface area contributed by atoms with E-state index in [1.165, 1.54) is 25.3 Å². The predicted octanol–water partition coefficient (Wildman–Crippen LogP) is 4.21. The number of piperidine rings is 1. The van der Waals surface area contributed by atoms with Gasteiger partial charge in [0.2, 0.25) is 0 Å². The van der Waals surface area contributed by atoms with Gasteiger partial charge in [-0.25, -0.2) is 4.39 Å². The van der Waals surface area contributed by atoms with Crippen LogP contribution in [0.2, 0.25) is 0 Å². The minimum Gasteiger partial charge on any atom is -0.299 e. The van der Waals surface area contributed by atoms with Crippen LogP contribution < -0.4 is 0 Å². The molecular weight excluding hydrogens is 281 g/mol. The molecule has 0 aliphatic carbocycles. The molecule has 0 amide bonds. The van der Waals surface area contributed by atoms with Crippen LogP contribution in [0.4, 0.5) is 4.39 Å². The molecule has 0 radical (unpaired) electrons. The highest BCUT2D eigenvalue weighted by Gasteiger charge is 2.18. The number of rotatable bonds is 3. The predicted molar refractivity (Wildman–Crippen MR) is 72.4 cm³/mol. The minimum absolute atomic E-state index is 0.154. The largest absolute Gasteiger partial charge is 0.299 e. The van der Waals surface area contributed by atoms with Gasteiger partial charge in [-0.15, -0.1) is 0 Å². The number of likely N-dealkylation sites (tertiary alicyclic amines) is 1. The zero-order chi connectivity index (χ0) is 12.3. The number of nitrogens with zero attached hydrogens (tertiary/aromatic N) is 1. The molecule has 1 fully saturated rings. The maximum absolute atomic E-state index is 13.3. The first-order valence-corrected chi connectivity index (χ1v) is 7.14. The quantitative estimate of drug-likeness (QED) is 0.808. The van der Waals surface area contributed by atoms with Crippen molar-refractivity contribution in [3.63, 3.8) is 0 Å². The molecule has 1 unspecified atom stereocenters. The van der Waals surface area contributed by atoms with Crippen LogP contribution in [0.25, 0.3) is 0 Å². The Labute approximate surface area is 111 Å². The van der Waals surface area contributed by atoms with E-state index in [1.807, 2.05) is 6.07 Å². The molecule has 0 aromatic heterocycles. The molecule has 1 aliphatic heterocycles. The molecule has 1 aromatic rings. The van der Waals surface area contributed by atoms with Gasteiger partial charge in [0.1, 0.15) is 5.82 Å². The molecule has 17 heavy (non-hydrogen) atoms. The molecular formula is C14H19BrFN. The molecule has 1 saturated heterocycles. The summed E-state index contributed by atoms with van der Waals surface area (Å²) in [5.74, 6) is 0.666. The maximum atomic E-state index is 13.3. The summed E-state index contributed by atoms with van der Waals surface area (Å²) < 4.78 is 14.1. The molecule has 0 N–H and O–H groups in total. The van der Waals surface area contributed by atoms with E-state index < -0.39 is 0 Å². The molecule has 1 aromatic carbocycles. The van der Waals surface area contributed by atoms with Gasteiger partial charge < -0.3 is 0 Å². The SMILES string of the molecule is CCC1CCCN(Cc2cc(F)cc(Br)c2)C1. The minimum atomic E-state index is -0.154. The fraction of sp³-hybridized carbons (Fsp3) is 0.571. The lowest BCUT2D eigenvalue weighted by molar-refractivity contribution is 0.164. The molecule has 0 bridgehead atoms. The Hall–Kier alpha value is -0.410. The highest BCUT2D eigenvalue weighted by atomic mass is 79.9. The molecule has 3 heteroatoms. The van der Waals surface area contributed by atoms with Crippen molar-refractivity contribution in [2.75, 3.05) is 13.1 Å². The van der Waals surface area contributed by atoms with E-state index in [4.69, 9.17) is 0 Å². The van der Waals surface area contributed by atoms with Crippen LogP contribution in [-0.2, 0) is 6.54 Å². The molecule has 2 rings (SSSR count). The van der Waals surface area contributed by atoms with Crippen molar-refractivity contribution in [1.82, 2.24) is 4.90 Å². The summed E-state index contributed by atoms with van der Waals surface area (Å²) in [5.41, 5.74) is 1.06. The second-order valence-corrected chi connectivity index (χ2v) is 5.84. The molecule has 94 valence electrons. The summed E-state index contributed by atoms with van der Waals surface area (Å²) in [4.78, 5) is 2.44. The third kappa shape index (κ3) is 3.78. The number of hydrogen-bond donors (Lipinski definition) is 0. The Morgan fingerprint density at radius 1 is 1.41 bits per heavy atom. The van der Waals surface area contributed by atoms with Crippen LogP contribution in [0.15, 0.2) is 22.7 Å². The number of hydrogen-bond acceptors (Lipinski definition) is 1. The van der Waals surface area contributed by atoms with Gasteiger partial charge in [0.15, 0.2) is 0 Å².